The van der Waals surface area contributed by atoms with Crippen molar-refractivity contribution in [2.45, 2.75) is 6.92 Å². The summed E-state index contributed by atoms with van der Waals surface area (Å²) < 4.78 is 0. The third-order valence-corrected chi connectivity index (χ3v) is 3.94. The summed E-state index contributed by atoms with van der Waals surface area (Å²) in [5.74, 6) is 0.602. The zero-order chi connectivity index (χ0) is 12.6. The molecular formula is C13H18N4O. The molecule has 3 rings (SSSR count). The van der Waals surface area contributed by atoms with Gasteiger partial charge in [-0.05, 0) is 18.7 Å². The third-order valence-electron chi connectivity index (χ3n) is 3.94. The number of anilines is 2. The fourth-order valence-electron chi connectivity index (χ4n) is 2.99. The lowest BCUT2D eigenvalue weighted by Crippen LogP contribution is -2.72. The van der Waals surface area contributed by atoms with Gasteiger partial charge in [-0.25, -0.2) is 4.98 Å². The van der Waals surface area contributed by atoms with Crippen LogP contribution in [0, 0.1) is 5.41 Å². The number of likely N-dealkylation sites (tertiary alicyclic amines) is 1. The maximum Gasteiger partial charge on any atom is 0.212 e. The molecule has 0 saturated carbocycles. The van der Waals surface area contributed by atoms with Gasteiger partial charge in [0, 0.05) is 31.6 Å². The van der Waals surface area contributed by atoms with Gasteiger partial charge < -0.3 is 15.1 Å². The molecule has 2 saturated heterocycles. The van der Waals surface area contributed by atoms with Gasteiger partial charge in [0.2, 0.25) is 6.41 Å². The average Bonchev–Trinajstić information content (AvgIpc) is 2.28. The highest BCUT2D eigenvalue weighted by Gasteiger charge is 2.51. The fraction of sp³-hybridized carbons (Fsp3) is 0.538. The van der Waals surface area contributed by atoms with Crippen LogP contribution in [-0.4, -0.2) is 49.0 Å². The first-order valence-electron chi connectivity index (χ1n) is 6.38. The SMILES string of the molecule is CCN1CC2(C1)CN(c1ccc(NC=O)nc1)C2. The zero-order valence-electron chi connectivity index (χ0n) is 10.6. The number of carbonyl (C=O) groups excluding carboxylic acids is 1. The molecule has 2 aliphatic heterocycles. The molecule has 1 aromatic heterocycles. The zero-order valence-corrected chi connectivity index (χ0v) is 10.6. The van der Waals surface area contributed by atoms with Crippen molar-refractivity contribution in [3.8, 4) is 0 Å². The van der Waals surface area contributed by atoms with Crippen LogP contribution < -0.4 is 10.2 Å². The van der Waals surface area contributed by atoms with E-state index in [1.165, 1.54) is 13.1 Å². The van der Waals surface area contributed by atoms with Crippen molar-refractivity contribution in [3.05, 3.63) is 18.3 Å². The molecule has 1 spiro atoms. The van der Waals surface area contributed by atoms with E-state index in [0.29, 0.717) is 17.6 Å². The van der Waals surface area contributed by atoms with Gasteiger partial charge in [0.25, 0.3) is 0 Å². The molecule has 0 radical (unpaired) electrons. The van der Waals surface area contributed by atoms with Crippen molar-refractivity contribution < 1.29 is 4.79 Å². The Hall–Kier alpha value is -1.62. The topological polar surface area (TPSA) is 48.5 Å². The van der Waals surface area contributed by atoms with Crippen LogP contribution in [0.4, 0.5) is 11.5 Å². The van der Waals surface area contributed by atoms with E-state index in [1.54, 1.807) is 0 Å². The van der Waals surface area contributed by atoms with E-state index in [2.05, 4.69) is 27.0 Å². The second-order valence-corrected chi connectivity index (χ2v) is 5.32. The predicted molar refractivity (Wildman–Crippen MR) is 70.7 cm³/mol. The van der Waals surface area contributed by atoms with Gasteiger partial charge in [0.1, 0.15) is 5.82 Å². The summed E-state index contributed by atoms with van der Waals surface area (Å²) in [6.07, 6.45) is 2.48. The smallest absolute Gasteiger partial charge is 0.212 e. The number of pyridine rings is 1. The molecule has 2 aliphatic rings. The monoisotopic (exact) mass is 246 g/mol. The maximum atomic E-state index is 10.3. The highest BCUT2D eigenvalue weighted by Crippen LogP contribution is 2.41. The molecule has 5 nitrogen and oxygen atoms in total. The van der Waals surface area contributed by atoms with Gasteiger partial charge >= 0.3 is 0 Å². The third kappa shape index (κ3) is 1.84. The summed E-state index contributed by atoms with van der Waals surface area (Å²) in [6.45, 7) is 8.11. The Morgan fingerprint density at radius 3 is 2.72 bits per heavy atom. The summed E-state index contributed by atoms with van der Waals surface area (Å²) in [4.78, 5) is 19.3. The van der Waals surface area contributed by atoms with Crippen molar-refractivity contribution in [2.24, 2.45) is 5.41 Å². The first-order chi connectivity index (χ1) is 8.74. The van der Waals surface area contributed by atoms with Crippen molar-refractivity contribution in [3.63, 3.8) is 0 Å². The van der Waals surface area contributed by atoms with Crippen LogP contribution in [0.2, 0.25) is 0 Å². The molecule has 18 heavy (non-hydrogen) atoms. The summed E-state index contributed by atoms with van der Waals surface area (Å²) >= 11 is 0. The Balaban J connectivity index is 1.57. The molecule has 1 aromatic rings. The lowest BCUT2D eigenvalue weighted by atomic mass is 9.72. The predicted octanol–water partition coefficient (Wildman–Crippen LogP) is 0.792. The Morgan fingerprint density at radius 2 is 2.17 bits per heavy atom. The molecule has 5 heteroatoms. The van der Waals surface area contributed by atoms with Gasteiger partial charge in [-0.1, -0.05) is 6.92 Å². The minimum Gasteiger partial charge on any atom is -0.369 e. The van der Waals surface area contributed by atoms with Crippen LogP contribution in [0.1, 0.15) is 6.92 Å². The summed E-state index contributed by atoms with van der Waals surface area (Å²) in [5.41, 5.74) is 1.68. The molecule has 3 heterocycles. The van der Waals surface area contributed by atoms with E-state index >= 15 is 0 Å². The quantitative estimate of drug-likeness (QED) is 0.798. The summed E-state index contributed by atoms with van der Waals surface area (Å²) in [6, 6.07) is 3.86. The highest BCUT2D eigenvalue weighted by molar-refractivity contribution is 5.69. The number of aromatic nitrogens is 1. The lowest BCUT2D eigenvalue weighted by Gasteiger charge is -2.61. The van der Waals surface area contributed by atoms with Crippen molar-refractivity contribution in [2.75, 3.05) is 42.9 Å². The summed E-state index contributed by atoms with van der Waals surface area (Å²) in [5, 5.41) is 2.54. The van der Waals surface area contributed by atoms with Crippen LogP contribution in [0.5, 0.6) is 0 Å². The van der Waals surface area contributed by atoms with Crippen LogP contribution >= 0.6 is 0 Å². The van der Waals surface area contributed by atoms with Gasteiger partial charge in [0.15, 0.2) is 0 Å². The molecule has 1 N–H and O–H groups in total. The Labute approximate surface area is 107 Å². The molecule has 96 valence electrons. The Morgan fingerprint density at radius 1 is 1.39 bits per heavy atom. The number of amides is 1. The second kappa shape index (κ2) is 4.24. The van der Waals surface area contributed by atoms with Crippen LogP contribution in [0.3, 0.4) is 0 Å². The fourth-order valence-corrected chi connectivity index (χ4v) is 2.99. The van der Waals surface area contributed by atoms with E-state index in [1.807, 2.05) is 18.3 Å². The van der Waals surface area contributed by atoms with Gasteiger partial charge in [-0.15, -0.1) is 0 Å². The summed E-state index contributed by atoms with van der Waals surface area (Å²) in [7, 11) is 0. The van der Waals surface area contributed by atoms with Crippen LogP contribution in [0.15, 0.2) is 18.3 Å². The van der Waals surface area contributed by atoms with Crippen LogP contribution in [-0.2, 0) is 4.79 Å². The molecule has 0 atom stereocenters. The first kappa shape index (κ1) is 11.5. The Bertz CT molecular complexity index is 431. The molecule has 2 fully saturated rings. The molecular weight excluding hydrogens is 228 g/mol. The van der Waals surface area contributed by atoms with Crippen molar-refractivity contribution in [1.82, 2.24) is 9.88 Å². The van der Waals surface area contributed by atoms with Gasteiger partial charge in [0.05, 0.1) is 11.9 Å². The second-order valence-electron chi connectivity index (χ2n) is 5.32. The number of nitrogens with zero attached hydrogens (tertiary/aromatic N) is 3. The minimum absolute atomic E-state index is 0.537. The molecule has 0 bridgehead atoms. The van der Waals surface area contributed by atoms with Crippen LogP contribution in [0.25, 0.3) is 0 Å². The van der Waals surface area contributed by atoms with E-state index in [-0.39, 0.29) is 0 Å². The van der Waals surface area contributed by atoms with E-state index < -0.39 is 0 Å². The molecule has 0 aromatic carbocycles. The van der Waals surface area contributed by atoms with Crippen molar-refractivity contribution in [1.29, 1.82) is 0 Å². The maximum absolute atomic E-state index is 10.3. The molecule has 0 unspecified atom stereocenters. The standard InChI is InChI=1S/C13H18N4O/c1-2-16-6-13(7-16)8-17(9-13)11-3-4-12(14-5-11)15-10-18/h3-5,10H,2,6-9H2,1H3,(H,14,15,18). The molecule has 1 amide bonds. The minimum atomic E-state index is 0.537. The van der Waals surface area contributed by atoms with E-state index in [4.69, 9.17) is 0 Å². The lowest BCUT2D eigenvalue weighted by molar-refractivity contribution is -0.105. The average molecular weight is 246 g/mol. The number of hydrogen-bond acceptors (Lipinski definition) is 4. The largest absolute Gasteiger partial charge is 0.369 e. The Kier molecular flexibility index (Phi) is 2.70. The van der Waals surface area contributed by atoms with E-state index in [0.717, 1.165) is 25.3 Å². The number of rotatable bonds is 4. The first-order valence-corrected chi connectivity index (χ1v) is 6.38. The van der Waals surface area contributed by atoms with Gasteiger partial charge in [-0.3, -0.25) is 4.79 Å². The normalized spacial score (nSPS) is 21.3. The number of carbonyl (C=O) groups is 1. The number of hydrogen-bond donors (Lipinski definition) is 1. The van der Waals surface area contributed by atoms with Crippen molar-refractivity contribution >= 4 is 17.9 Å². The highest BCUT2D eigenvalue weighted by atomic mass is 16.1. The number of nitrogens with one attached hydrogen (secondary N) is 1. The van der Waals surface area contributed by atoms with Gasteiger partial charge in [-0.2, -0.15) is 0 Å². The van der Waals surface area contributed by atoms with E-state index in [9.17, 15) is 4.79 Å². The molecule has 0 aliphatic carbocycles.